The molecule has 0 saturated heterocycles. The fourth-order valence-electron chi connectivity index (χ4n) is 2.70. The molecule has 2 aromatic rings. The Morgan fingerprint density at radius 1 is 1.19 bits per heavy atom. The first kappa shape index (κ1) is 19.4. The summed E-state index contributed by atoms with van der Waals surface area (Å²) in [7, 11) is 0. The fourth-order valence-corrected chi connectivity index (χ4v) is 2.70. The number of hydrogen-bond acceptors (Lipinski definition) is 3. The molecule has 0 saturated carbocycles. The molecule has 2 rings (SSSR count). The van der Waals surface area contributed by atoms with Gasteiger partial charge in [0.1, 0.15) is 0 Å². The SMILES string of the molecule is C/C=C/C(=O)Nc1ccccc1C(=O)Nc1c(C)nn(CCCC)c1C. The van der Waals surface area contributed by atoms with Crippen LogP contribution < -0.4 is 10.6 Å². The van der Waals surface area contributed by atoms with Crippen molar-refractivity contribution < 1.29 is 9.59 Å². The number of allylic oxidation sites excluding steroid dienone is 1. The molecule has 0 radical (unpaired) electrons. The molecule has 6 heteroatoms. The summed E-state index contributed by atoms with van der Waals surface area (Å²) in [6, 6.07) is 6.94. The quantitative estimate of drug-likeness (QED) is 0.736. The number of carbonyl (C=O) groups excluding carboxylic acids is 2. The number of nitrogens with zero attached hydrogens (tertiary/aromatic N) is 2. The van der Waals surface area contributed by atoms with E-state index >= 15 is 0 Å². The van der Waals surface area contributed by atoms with Crippen molar-refractivity contribution in [2.45, 2.75) is 47.1 Å². The second-order valence-corrected chi connectivity index (χ2v) is 6.11. The van der Waals surface area contributed by atoms with E-state index < -0.39 is 0 Å². The number of aromatic nitrogens is 2. The van der Waals surface area contributed by atoms with Gasteiger partial charge in [0.15, 0.2) is 0 Å². The molecule has 1 aromatic heterocycles. The molecule has 0 aliphatic carbocycles. The summed E-state index contributed by atoms with van der Waals surface area (Å²) >= 11 is 0. The van der Waals surface area contributed by atoms with Gasteiger partial charge in [0, 0.05) is 6.54 Å². The molecule has 0 aliphatic heterocycles. The van der Waals surface area contributed by atoms with Crippen LogP contribution in [0, 0.1) is 13.8 Å². The first-order valence-electron chi connectivity index (χ1n) is 8.86. The number of para-hydroxylation sites is 1. The van der Waals surface area contributed by atoms with Gasteiger partial charge >= 0.3 is 0 Å². The lowest BCUT2D eigenvalue weighted by Gasteiger charge is -2.11. The number of unbranched alkanes of at least 4 members (excludes halogenated alkanes) is 1. The normalized spacial score (nSPS) is 10.9. The molecular formula is C20H26N4O2. The van der Waals surface area contributed by atoms with Gasteiger partial charge in [-0.2, -0.15) is 5.10 Å². The maximum atomic E-state index is 12.8. The number of benzene rings is 1. The number of carbonyl (C=O) groups is 2. The van der Waals surface area contributed by atoms with Crippen molar-refractivity contribution in [3.8, 4) is 0 Å². The van der Waals surface area contributed by atoms with Crippen LogP contribution in [0.5, 0.6) is 0 Å². The lowest BCUT2D eigenvalue weighted by atomic mass is 10.1. The third-order valence-corrected chi connectivity index (χ3v) is 4.09. The Balaban J connectivity index is 2.23. The second-order valence-electron chi connectivity index (χ2n) is 6.11. The maximum Gasteiger partial charge on any atom is 0.257 e. The summed E-state index contributed by atoms with van der Waals surface area (Å²) in [5, 5.41) is 10.2. The van der Waals surface area contributed by atoms with Crippen molar-refractivity contribution in [1.29, 1.82) is 0 Å². The Hall–Kier alpha value is -2.89. The summed E-state index contributed by atoms with van der Waals surface area (Å²) in [5.41, 5.74) is 3.31. The van der Waals surface area contributed by atoms with Gasteiger partial charge in [-0.05, 0) is 45.4 Å². The number of rotatable bonds is 7. The van der Waals surface area contributed by atoms with Crippen molar-refractivity contribution in [3.05, 3.63) is 53.4 Å². The summed E-state index contributed by atoms with van der Waals surface area (Å²) < 4.78 is 1.92. The monoisotopic (exact) mass is 354 g/mol. The van der Waals surface area contributed by atoms with Crippen molar-refractivity contribution in [3.63, 3.8) is 0 Å². The van der Waals surface area contributed by atoms with Crippen LogP contribution in [0.3, 0.4) is 0 Å². The van der Waals surface area contributed by atoms with E-state index in [0.717, 1.165) is 36.5 Å². The van der Waals surface area contributed by atoms with Crippen LogP contribution >= 0.6 is 0 Å². The predicted octanol–water partition coefficient (Wildman–Crippen LogP) is 4.07. The van der Waals surface area contributed by atoms with E-state index in [1.165, 1.54) is 6.08 Å². The van der Waals surface area contributed by atoms with Gasteiger partial charge in [-0.25, -0.2) is 0 Å². The largest absolute Gasteiger partial charge is 0.322 e. The molecule has 0 bridgehead atoms. The summed E-state index contributed by atoms with van der Waals surface area (Å²) in [4.78, 5) is 24.6. The average Bonchev–Trinajstić information content (AvgIpc) is 2.88. The van der Waals surface area contributed by atoms with Gasteiger partial charge in [-0.3, -0.25) is 14.3 Å². The molecule has 0 spiro atoms. The van der Waals surface area contributed by atoms with Crippen LogP contribution in [0.1, 0.15) is 48.4 Å². The molecular weight excluding hydrogens is 328 g/mol. The molecule has 1 heterocycles. The van der Waals surface area contributed by atoms with E-state index in [1.807, 2.05) is 18.5 Å². The lowest BCUT2D eigenvalue weighted by molar-refractivity contribution is -0.111. The van der Waals surface area contributed by atoms with Crippen molar-refractivity contribution in [1.82, 2.24) is 9.78 Å². The summed E-state index contributed by atoms with van der Waals surface area (Å²) in [6.07, 6.45) is 5.19. The minimum absolute atomic E-state index is 0.271. The molecule has 0 atom stereocenters. The van der Waals surface area contributed by atoms with Crippen LogP contribution in [0.15, 0.2) is 36.4 Å². The third-order valence-electron chi connectivity index (χ3n) is 4.09. The highest BCUT2D eigenvalue weighted by Crippen LogP contribution is 2.23. The van der Waals surface area contributed by atoms with Crippen LogP contribution in [0.4, 0.5) is 11.4 Å². The zero-order valence-corrected chi connectivity index (χ0v) is 15.8. The smallest absolute Gasteiger partial charge is 0.257 e. The Morgan fingerprint density at radius 3 is 2.62 bits per heavy atom. The van der Waals surface area contributed by atoms with Crippen LogP contribution in [-0.2, 0) is 11.3 Å². The van der Waals surface area contributed by atoms with Crippen molar-refractivity contribution in [2.75, 3.05) is 10.6 Å². The second kappa shape index (κ2) is 8.99. The molecule has 138 valence electrons. The molecule has 6 nitrogen and oxygen atoms in total. The van der Waals surface area contributed by atoms with E-state index in [4.69, 9.17) is 0 Å². The Labute approximate surface area is 154 Å². The molecule has 0 unspecified atom stereocenters. The number of nitrogens with one attached hydrogen (secondary N) is 2. The highest BCUT2D eigenvalue weighted by Gasteiger charge is 2.17. The van der Waals surface area contributed by atoms with Gasteiger partial charge in [-0.1, -0.05) is 31.6 Å². The van der Waals surface area contributed by atoms with E-state index in [2.05, 4.69) is 22.7 Å². The maximum absolute atomic E-state index is 12.8. The zero-order valence-electron chi connectivity index (χ0n) is 15.8. The van der Waals surface area contributed by atoms with Crippen LogP contribution in [0.25, 0.3) is 0 Å². The Bertz CT molecular complexity index is 821. The van der Waals surface area contributed by atoms with Gasteiger partial charge < -0.3 is 10.6 Å². The Kier molecular flexibility index (Phi) is 6.72. The van der Waals surface area contributed by atoms with E-state index in [-0.39, 0.29) is 11.8 Å². The van der Waals surface area contributed by atoms with Gasteiger partial charge in [0.05, 0.1) is 28.3 Å². The van der Waals surface area contributed by atoms with E-state index in [1.54, 1.807) is 37.3 Å². The summed E-state index contributed by atoms with van der Waals surface area (Å²) in [5.74, 6) is -0.546. The standard InChI is InChI=1S/C20H26N4O2/c1-5-7-13-24-15(4)19(14(3)23-24)22-20(26)16-11-8-9-12-17(16)21-18(25)10-6-2/h6,8-12H,5,7,13H2,1-4H3,(H,21,25)(H,22,26)/b10-6+. The molecule has 2 N–H and O–H groups in total. The number of anilines is 2. The molecule has 0 aliphatic rings. The van der Waals surface area contributed by atoms with Crippen LogP contribution in [0.2, 0.25) is 0 Å². The minimum Gasteiger partial charge on any atom is -0.322 e. The molecule has 26 heavy (non-hydrogen) atoms. The third kappa shape index (κ3) is 4.59. The van der Waals surface area contributed by atoms with E-state index in [9.17, 15) is 9.59 Å². The molecule has 0 fully saturated rings. The first-order chi connectivity index (χ1) is 12.5. The highest BCUT2D eigenvalue weighted by atomic mass is 16.2. The predicted molar refractivity (Wildman–Crippen MR) is 104 cm³/mol. The molecule has 1 aromatic carbocycles. The zero-order chi connectivity index (χ0) is 19.1. The number of amides is 2. The van der Waals surface area contributed by atoms with E-state index in [0.29, 0.717) is 11.3 Å². The van der Waals surface area contributed by atoms with Crippen molar-refractivity contribution in [2.24, 2.45) is 0 Å². The lowest BCUT2D eigenvalue weighted by Crippen LogP contribution is -2.17. The first-order valence-corrected chi connectivity index (χ1v) is 8.86. The van der Waals surface area contributed by atoms with Gasteiger partial charge in [-0.15, -0.1) is 0 Å². The van der Waals surface area contributed by atoms with Crippen molar-refractivity contribution >= 4 is 23.2 Å². The fraction of sp³-hybridized carbons (Fsp3) is 0.350. The summed E-state index contributed by atoms with van der Waals surface area (Å²) in [6.45, 7) is 8.55. The van der Waals surface area contributed by atoms with Gasteiger partial charge in [0.25, 0.3) is 5.91 Å². The topological polar surface area (TPSA) is 76.0 Å². The number of hydrogen-bond donors (Lipinski definition) is 2. The minimum atomic E-state index is -0.275. The highest BCUT2D eigenvalue weighted by molar-refractivity contribution is 6.11. The Morgan fingerprint density at radius 2 is 1.92 bits per heavy atom. The molecule has 2 amide bonds. The van der Waals surface area contributed by atoms with Crippen LogP contribution in [-0.4, -0.2) is 21.6 Å². The average molecular weight is 354 g/mol. The van der Waals surface area contributed by atoms with Gasteiger partial charge in [0.2, 0.25) is 5.91 Å². The number of aryl methyl sites for hydroxylation is 2.